The molecule has 0 aliphatic heterocycles. The third-order valence-corrected chi connectivity index (χ3v) is 4.24. The summed E-state index contributed by atoms with van der Waals surface area (Å²) in [5, 5.41) is 10.0. The Balaban J connectivity index is 2.00. The van der Waals surface area contributed by atoms with Crippen LogP contribution in [0.25, 0.3) is 10.9 Å². The monoisotopic (exact) mass is 383 g/mol. The molecule has 0 saturated carbocycles. The quantitative estimate of drug-likeness (QED) is 0.684. The van der Waals surface area contributed by atoms with Gasteiger partial charge in [-0.3, -0.25) is 4.79 Å². The van der Waals surface area contributed by atoms with Crippen LogP contribution in [-0.4, -0.2) is 22.0 Å². The first kappa shape index (κ1) is 18.1. The molecule has 0 spiro atoms. The molecule has 0 aliphatic rings. The van der Waals surface area contributed by atoms with Gasteiger partial charge in [-0.1, -0.05) is 41.9 Å². The molecule has 0 amide bonds. The highest BCUT2D eigenvalue weighted by molar-refractivity contribution is 6.32. The van der Waals surface area contributed by atoms with Gasteiger partial charge in [0.15, 0.2) is 0 Å². The van der Waals surface area contributed by atoms with Crippen molar-refractivity contribution in [2.75, 3.05) is 0 Å². The average Bonchev–Trinajstić information content (AvgIpc) is 2.79. The Labute approximate surface area is 151 Å². The second-order valence-corrected chi connectivity index (χ2v) is 6.00. The van der Waals surface area contributed by atoms with Crippen molar-refractivity contribution in [3.8, 4) is 5.75 Å². The van der Waals surface area contributed by atoms with Crippen molar-refractivity contribution in [3.63, 3.8) is 0 Å². The van der Waals surface area contributed by atoms with Crippen LogP contribution in [0, 0.1) is 0 Å². The lowest BCUT2D eigenvalue weighted by Crippen LogP contribution is -2.17. The largest absolute Gasteiger partial charge is 0.573 e. The molecule has 26 heavy (non-hydrogen) atoms. The summed E-state index contributed by atoms with van der Waals surface area (Å²) in [6, 6.07) is 12.7. The van der Waals surface area contributed by atoms with Crippen LogP contribution in [0.4, 0.5) is 13.2 Å². The van der Waals surface area contributed by atoms with Crippen molar-refractivity contribution < 1.29 is 27.8 Å². The number of hydrogen-bond donors (Lipinski definition) is 1. The van der Waals surface area contributed by atoms with Gasteiger partial charge in [0.05, 0.1) is 6.42 Å². The first-order valence-electron chi connectivity index (χ1n) is 7.56. The van der Waals surface area contributed by atoms with Crippen LogP contribution >= 0.6 is 11.6 Å². The SMILES string of the molecule is O=C(O)Cc1c(Cl)n(Cc2cccc(OC(F)(F)F)c2)c2ccccc12. The smallest absolute Gasteiger partial charge is 0.481 e. The molecule has 3 aromatic rings. The molecule has 0 bridgehead atoms. The van der Waals surface area contributed by atoms with Crippen molar-refractivity contribution in [2.24, 2.45) is 0 Å². The number of para-hydroxylation sites is 1. The molecule has 2 aromatic carbocycles. The Morgan fingerprint density at radius 3 is 2.58 bits per heavy atom. The standard InChI is InChI=1S/C18H13ClF3NO3/c19-17-14(9-16(24)25)13-6-1-2-7-15(13)23(17)10-11-4-3-5-12(8-11)26-18(20,21)22/h1-8H,9-10H2,(H,24,25). The van der Waals surface area contributed by atoms with E-state index in [4.69, 9.17) is 16.7 Å². The van der Waals surface area contributed by atoms with E-state index in [1.807, 2.05) is 0 Å². The average molecular weight is 384 g/mol. The summed E-state index contributed by atoms with van der Waals surface area (Å²) >= 11 is 6.38. The number of alkyl halides is 3. The summed E-state index contributed by atoms with van der Waals surface area (Å²) in [4.78, 5) is 11.1. The van der Waals surface area contributed by atoms with Gasteiger partial charge in [0, 0.05) is 23.0 Å². The van der Waals surface area contributed by atoms with Gasteiger partial charge in [-0.15, -0.1) is 13.2 Å². The van der Waals surface area contributed by atoms with Crippen molar-refractivity contribution >= 4 is 28.5 Å². The number of rotatable bonds is 5. The number of carboxylic acids is 1. The Morgan fingerprint density at radius 2 is 1.88 bits per heavy atom. The number of aliphatic carboxylic acids is 1. The molecule has 0 fully saturated rings. The predicted octanol–water partition coefficient (Wildman–Crippen LogP) is 4.87. The maximum atomic E-state index is 12.4. The summed E-state index contributed by atoms with van der Waals surface area (Å²) in [6.07, 6.45) is -5.02. The number of halogens is 4. The Bertz CT molecular complexity index is 966. The Hall–Kier alpha value is -2.67. The van der Waals surface area contributed by atoms with E-state index in [1.54, 1.807) is 34.9 Å². The molecule has 4 nitrogen and oxygen atoms in total. The van der Waals surface area contributed by atoms with Gasteiger partial charge in [-0.05, 0) is 23.8 Å². The number of ether oxygens (including phenoxy) is 1. The third kappa shape index (κ3) is 3.94. The zero-order chi connectivity index (χ0) is 18.9. The summed E-state index contributed by atoms with van der Waals surface area (Å²) < 4.78 is 42.8. The van der Waals surface area contributed by atoms with Crippen LogP contribution < -0.4 is 4.74 Å². The minimum atomic E-state index is -4.77. The van der Waals surface area contributed by atoms with Crippen molar-refractivity contribution in [1.82, 2.24) is 4.57 Å². The van der Waals surface area contributed by atoms with Crippen LogP contribution in [0.15, 0.2) is 48.5 Å². The fraction of sp³-hybridized carbons (Fsp3) is 0.167. The van der Waals surface area contributed by atoms with Crippen molar-refractivity contribution in [1.29, 1.82) is 0 Å². The summed E-state index contributed by atoms with van der Waals surface area (Å²) in [5.74, 6) is -1.34. The fourth-order valence-corrected chi connectivity index (χ4v) is 3.16. The molecule has 0 radical (unpaired) electrons. The third-order valence-electron chi connectivity index (χ3n) is 3.81. The first-order valence-corrected chi connectivity index (χ1v) is 7.94. The molecular formula is C18H13ClF3NO3. The number of benzene rings is 2. The molecule has 0 unspecified atom stereocenters. The Kier molecular flexibility index (Phi) is 4.82. The molecule has 136 valence electrons. The van der Waals surface area contributed by atoms with Gasteiger partial charge < -0.3 is 14.4 Å². The molecule has 3 rings (SSSR count). The Morgan fingerprint density at radius 1 is 1.15 bits per heavy atom. The fourth-order valence-electron chi connectivity index (χ4n) is 2.84. The van der Waals surface area contributed by atoms with Crippen molar-refractivity contribution in [3.05, 3.63) is 64.8 Å². The van der Waals surface area contributed by atoms with Crippen LogP contribution in [-0.2, 0) is 17.8 Å². The highest BCUT2D eigenvalue weighted by Crippen LogP contribution is 2.32. The molecule has 1 heterocycles. The van der Waals surface area contributed by atoms with E-state index in [-0.39, 0.29) is 23.9 Å². The number of hydrogen-bond acceptors (Lipinski definition) is 2. The second kappa shape index (κ2) is 6.92. The molecule has 8 heteroatoms. The molecule has 0 atom stereocenters. The van der Waals surface area contributed by atoms with Gasteiger partial charge in [-0.25, -0.2) is 0 Å². The molecule has 1 N–H and O–H groups in total. The van der Waals surface area contributed by atoms with Gasteiger partial charge in [0.25, 0.3) is 0 Å². The van der Waals surface area contributed by atoms with Gasteiger partial charge in [-0.2, -0.15) is 0 Å². The number of fused-ring (bicyclic) bond motifs is 1. The minimum absolute atomic E-state index is 0.175. The van der Waals surface area contributed by atoms with Crippen LogP contribution in [0.1, 0.15) is 11.1 Å². The van der Waals surface area contributed by atoms with E-state index >= 15 is 0 Å². The van der Waals surface area contributed by atoms with E-state index in [9.17, 15) is 18.0 Å². The lowest BCUT2D eigenvalue weighted by Gasteiger charge is -2.11. The summed E-state index contributed by atoms with van der Waals surface area (Å²) in [5.41, 5.74) is 1.71. The van der Waals surface area contributed by atoms with Crippen LogP contribution in [0.5, 0.6) is 5.75 Å². The topological polar surface area (TPSA) is 51.5 Å². The minimum Gasteiger partial charge on any atom is -0.481 e. The van der Waals surface area contributed by atoms with E-state index in [0.29, 0.717) is 22.0 Å². The van der Waals surface area contributed by atoms with Gasteiger partial charge in [0.2, 0.25) is 0 Å². The molecule has 1 aromatic heterocycles. The van der Waals surface area contributed by atoms with Crippen LogP contribution in [0.2, 0.25) is 5.15 Å². The number of aromatic nitrogens is 1. The zero-order valence-corrected chi connectivity index (χ0v) is 14.0. The van der Waals surface area contributed by atoms with E-state index in [1.165, 1.54) is 18.2 Å². The van der Waals surface area contributed by atoms with Crippen molar-refractivity contribution in [2.45, 2.75) is 19.3 Å². The maximum absolute atomic E-state index is 12.4. The normalized spacial score (nSPS) is 11.7. The maximum Gasteiger partial charge on any atom is 0.573 e. The molecule has 0 aliphatic carbocycles. The number of nitrogens with zero attached hydrogens (tertiary/aromatic N) is 1. The van der Waals surface area contributed by atoms with E-state index in [0.717, 1.165) is 0 Å². The van der Waals surface area contributed by atoms with E-state index < -0.39 is 12.3 Å². The lowest BCUT2D eigenvalue weighted by atomic mass is 10.1. The highest BCUT2D eigenvalue weighted by atomic mass is 35.5. The molecular weight excluding hydrogens is 371 g/mol. The lowest BCUT2D eigenvalue weighted by molar-refractivity contribution is -0.274. The van der Waals surface area contributed by atoms with Crippen LogP contribution in [0.3, 0.4) is 0 Å². The highest BCUT2D eigenvalue weighted by Gasteiger charge is 2.31. The number of carboxylic acid groups (broad SMARTS) is 1. The van der Waals surface area contributed by atoms with Gasteiger partial charge >= 0.3 is 12.3 Å². The summed E-state index contributed by atoms with van der Waals surface area (Å²) in [6.45, 7) is 0.175. The first-order chi connectivity index (χ1) is 12.2. The molecule has 0 saturated heterocycles. The second-order valence-electron chi connectivity index (χ2n) is 5.64. The van der Waals surface area contributed by atoms with Gasteiger partial charge in [0.1, 0.15) is 10.9 Å². The predicted molar refractivity (Wildman–Crippen MR) is 90.5 cm³/mol. The van der Waals surface area contributed by atoms with E-state index in [2.05, 4.69) is 4.74 Å². The zero-order valence-electron chi connectivity index (χ0n) is 13.3. The number of carbonyl (C=O) groups is 1. The summed E-state index contributed by atoms with van der Waals surface area (Å²) in [7, 11) is 0.